The molecule has 0 unspecified atom stereocenters. The highest BCUT2D eigenvalue weighted by Gasteiger charge is 2.23. The van der Waals surface area contributed by atoms with Crippen LogP contribution in [0.1, 0.15) is 53.6 Å². The molecule has 2 rings (SSSR count). The maximum Gasteiger partial charge on any atom is 0.251 e. The van der Waals surface area contributed by atoms with E-state index in [9.17, 15) is 13.2 Å². The van der Waals surface area contributed by atoms with E-state index in [1.54, 1.807) is 20.1 Å². The van der Waals surface area contributed by atoms with Crippen LogP contribution in [0, 0.1) is 19.8 Å². The number of aryl methyl sites for hydroxylation is 1. The van der Waals surface area contributed by atoms with Crippen LogP contribution in [0.3, 0.4) is 0 Å². The van der Waals surface area contributed by atoms with E-state index in [-0.39, 0.29) is 10.8 Å². The number of sulfonamides is 1. The number of hydrogen-bond donors (Lipinski definition) is 1. The molecule has 0 radical (unpaired) electrons. The van der Waals surface area contributed by atoms with Gasteiger partial charge >= 0.3 is 0 Å². The molecule has 0 saturated heterocycles. The zero-order valence-corrected chi connectivity index (χ0v) is 17.9. The van der Waals surface area contributed by atoms with Gasteiger partial charge in [-0.25, -0.2) is 12.7 Å². The molecule has 1 amide bonds. The van der Waals surface area contributed by atoms with Gasteiger partial charge in [-0.3, -0.25) is 4.79 Å². The van der Waals surface area contributed by atoms with E-state index in [0.717, 1.165) is 37.7 Å². The predicted molar refractivity (Wildman–Crippen MR) is 106 cm³/mol. The molecule has 1 aliphatic carbocycles. The van der Waals surface area contributed by atoms with Gasteiger partial charge in [-0.15, -0.1) is 0 Å². The minimum Gasteiger partial charge on any atom is -0.381 e. The fraction of sp³-hybridized carbons (Fsp3) is 0.650. The number of methoxy groups -OCH3 is 1. The number of hydrogen-bond acceptors (Lipinski definition) is 4. The van der Waals surface area contributed by atoms with Crippen molar-refractivity contribution in [3.63, 3.8) is 0 Å². The van der Waals surface area contributed by atoms with Crippen molar-refractivity contribution in [1.29, 1.82) is 0 Å². The average molecular weight is 397 g/mol. The van der Waals surface area contributed by atoms with Gasteiger partial charge in [0.05, 0.1) is 11.0 Å². The predicted octanol–water partition coefficient (Wildman–Crippen LogP) is 2.88. The molecule has 1 aliphatic rings. The average Bonchev–Trinajstić information content (AvgIpc) is 2.63. The SMILES string of the molecule is COC1CCC(CCNC(=O)c2cc(C)c(C)c(S(=O)(=O)N(C)C)c2)CC1. The molecule has 152 valence electrons. The minimum absolute atomic E-state index is 0.190. The summed E-state index contributed by atoms with van der Waals surface area (Å²) in [5, 5.41) is 2.95. The maximum atomic E-state index is 12.6. The van der Waals surface area contributed by atoms with Gasteiger partial charge < -0.3 is 10.1 Å². The molecule has 27 heavy (non-hydrogen) atoms. The topological polar surface area (TPSA) is 75.7 Å². The largest absolute Gasteiger partial charge is 0.381 e. The maximum absolute atomic E-state index is 12.6. The fourth-order valence-corrected chi connectivity index (χ4v) is 4.79. The Morgan fingerprint density at radius 1 is 1.19 bits per heavy atom. The molecule has 7 heteroatoms. The molecule has 1 N–H and O–H groups in total. The molecular weight excluding hydrogens is 364 g/mol. The van der Waals surface area contributed by atoms with Crippen molar-refractivity contribution in [2.24, 2.45) is 5.92 Å². The third-order valence-corrected chi connectivity index (χ3v) is 7.55. The first-order chi connectivity index (χ1) is 12.7. The number of nitrogens with one attached hydrogen (secondary N) is 1. The molecular formula is C20H32N2O4S. The van der Waals surface area contributed by atoms with Crippen molar-refractivity contribution in [3.8, 4) is 0 Å². The summed E-state index contributed by atoms with van der Waals surface area (Å²) in [7, 11) is 1.16. The summed E-state index contributed by atoms with van der Waals surface area (Å²) in [5.74, 6) is 0.389. The number of carbonyl (C=O) groups excluding carboxylic acids is 1. The molecule has 1 fully saturated rings. The van der Waals surface area contributed by atoms with Crippen molar-refractivity contribution >= 4 is 15.9 Å². The zero-order chi connectivity index (χ0) is 20.2. The summed E-state index contributed by atoms with van der Waals surface area (Å²) >= 11 is 0. The van der Waals surface area contributed by atoms with Gasteiger partial charge in [0.2, 0.25) is 10.0 Å². The Kier molecular flexibility index (Phi) is 7.42. The number of benzene rings is 1. The lowest BCUT2D eigenvalue weighted by Crippen LogP contribution is -2.29. The molecule has 1 aromatic rings. The Morgan fingerprint density at radius 2 is 1.81 bits per heavy atom. The van der Waals surface area contributed by atoms with Gasteiger partial charge in [0, 0.05) is 33.3 Å². The highest BCUT2D eigenvalue weighted by molar-refractivity contribution is 7.89. The Labute approximate surface area is 163 Å². The lowest BCUT2D eigenvalue weighted by atomic mass is 9.85. The lowest BCUT2D eigenvalue weighted by Gasteiger charge is -2.27. The number of carbonyl (C=O) groups is 1. The van der Waals surface area contributed by atoms with Crippen molar-refractivity contribution in [1.82, 2.24) is 9.62 Å². The fourth-order valence-electron chi connectivity index (χ4n) is 3.57. The smallest absolute Gasteiger partial charge is 0.251 e. The molecule has 0 heterocycles. The van der Waals surface area contributed by atoms with Crippen LogP contribution < -0.4 is 5.32 Å². The third-order valence-electron chi connectivity index (χ3n) is 5.61. The van der Waals surface area contributed by atoms with E-state index >= 15 is 0 Å². The van der Waals surface area contributed by atoms with Gasteiger partial charge in [0.1, 0.15) is 0 Å². The summed E-state index contributed by atoms with van der Waals surface area (Å²) in [6.45, 7) is 4.20. The Bertz CT molecular complexity index is 766. The molecule has 0 aromatic heterocycles. The molecule has 0 bridgehead atoms. The monoisotopic (exact) mass is 396 g/mol. The summed E-state index contributed by atoms with van der Waals surface area (Å²) < 4.78 is 31.6. The molecule has 0 atom stereocenters. The van der Waals surface area contributed by atoms with Crippen LogP contribution in [-0.4, -0.2) is 52.5 Å². The standard InChI is InChI=1S/C20H32N2O4S/c1-14-12-17(13-19(15(14)2)27(24,25)22(3)4)20(23)21-11-10-16-6-8-18(26-5)9-7-16/h12-13,16,18H,6-11H2,1-5H3,(H,21,23). The number of nitrogens with zero attached hydrogens (tertiary/aromatic N) is 1. The van der Waals surface area contributed by atoms with Crippen molar-refractivity contribution < 1.29 is 17.9 Å². The van der Waals surface area contributed by atoms with Crippen LogP contribution in [0.4, 0.5) is 0 Å². The van der Waals surface area contributed by atoms with E-state index in [1.807, 2.05) is 6.92 Å². The van der Waals surface area contributed by atoms with E-state index in [2.05, 4.69) is 5.32 Å². The van der Waals surface area contributed by atoms with Gasteiger partial charge in [-0.1, -0.05) is 0 Å². The Hall–Kier alpha value is -1.44. The van der Waals surface area contributed by atoms with Crippen LogP contribution in [0.5, 0.6) is 0 Å². The van der Waals surface area contributed by atoms with E-state index in [4.69, 9.17) is 4.74 Å². The lowest BCUT2D eigenvalue weighted by molar-refractivity contribution is 0.0554. The van der Waals surface area contributed by atoms with Gasteiger partial charge in [0.25, 0.3) is 5.91 Å². The zero-order valence-electron chi connectivity index (χ0n) is 17.0. The molecule has 6 nitrogen and oxygen atoms in total. The second-order valence-corrected chi connectivity index (χ2v) is 9.75. The number of amides is 1. The second-order valence-electron chi connectivity index (χ2n) is 7.63. The van der Waals surface area contributed by atoms with Crippen molar-refractivity contribution in [2.45, 2.75) is 57.0 Å². The van der Waals surface area contributed by atoms with Gasteiger partial charge in [-0.05, 0) is 75.1 Å². The number of rotatable bonds is 7. The van der Waals surface area contributed by atoms with Gasteiger partial charge in [-0.2, -0.15) is 0 Å². The molecule has 0 spiro atoms. The highest BCUT2D eigenvalue weighted by atomic mass is 32.2. The highest BCUT2D eigenvalue weighted by Crippen LogP contribution is 2.28. The van der Waals surface area contributed by atoms with E-state index < -0.39 is 10.0 Å². The number of ether oxygens (including phenoxy) is 1. The third kappa shape index (κ3) is 5.30. The van der Waals surface area contributed by atoms with Crippen LogP contribution in [0.2, 0.25) is 0 Å². The van der Waals surface area contributed by atoms with E-state index in [0.29, 0.717) is 29.7 Å². The van der Waals surface area contributed by atoms with Gasteiger partial charge in [0.15, 0.2) is 0 Å². The van der Waals surface area contributed by atoms with Crippen LogP contribution >= 0.6 is 0 Å². The molecule has 1 aromatic carbocycles. The van der Waals surface area contributed by atoms with Crippen molar-refractivity contribution in [3.05, 3.63) is 28.8 Å². The second kappa shape index (κ2) is 9.17. The molecule has 0 aliphatic heterocycles. The molecule has 1 saturated carbocycles. The first kappa shape index (κ1) is 21.9. The Morgan fingerprint density at radius 3 is 2.37 bits per heavy atom. The first-order valence-corrected chi connectivity index (χ1v) is 11.0. The van der Waals surface area contributed by atoms with Crippen LogP contribution in [-0.2, 0) is 14.8 Å². The van der Waals surface area contributed by atoms with Crippen molar-refractivity contribution in [2.75, 3.05) is 27.7 Å². The summed E-state index contributed by atoms with van der Waals surface area (Å²) in [6, 6.07) is 3.24. The van der Waals surface area contributed by atoms with E-state index in [1.165, 1.54) is 24.5 Å². The van der Waals surface area contributed by atoms with Crippen LogP contribution in [0.25, 0.3) is 0 Å². The summed E-state index contributed by atoms with van der Waals surface area (Å²) in [5.41, 5.74) is 1.86. The van der Waals surface area contributed by atoms with Crippen LogP contribution in [0.15, 0.2) is 17.0 Å². The summed E-state index contributed by atoms with van der Waals surface area (Å²) in [6.07, 6.45) is 5.74. The minimum atomic E-state index is -3.59. The quantitative estimate of drug-likeness (QED) is 0.769. The summed E-state index contributed by atoms with van der Waals surface area (Å²) in [4.78, 5) is 12.7. The first-order valence-electron chi connectivity index (χ1n) is 9.51. The Balaban J connectivity index is 2.01. The normalized spacial score (nSPS) is 20.7.